The highest BCUT2D eigenvalue weighted by atomic mass is 19.1. The molecule has 1 aliphatic rings. The molecule has 1 heterocycles. The van der Waals surface area contributed by atoms with Crippen LogP contribution >= 0.6 is 0 Å². The summed E-state index contributed by atoms with van der Waals surface area (Å²) in [5.41, 5.74) is -0.455. The SMILES string of the molecule is CC1(O)CCCN(c2cc(F)cc([N+](=O)[O-])c2)CC1. The lowest BCUT2D eigenvalue weighted by molar-refractivity contribution is -0.385. The Labute approximate surface area is 110 Å². The van der Waals surface area contributed by atoms with Crippen LogP contribution in [0.4, 0.5) is 15.8 Å². The fourth-order valence-electron chi connectivity index (χ4n) is 2.37. The highest BCUT2D eigenvalue weighted by Crippen LogP contribution is 2.28. The van der Waals surface area contributed by atoms with Gasteiger partial charge in [-0.1, -0.05) is 0 Å². The lowest BCUT2D eigenvalue weighted by Gasteiger charge is -2.24. The Balaban J connectivity index is 2.24. The fourth-order valence-corrected chi connectivity index (χ4v) is 2.37. The molecule has 104 valence electrons. The summed E-state index contributed by atoms with van der Waals surface area (Å²) in [7, 11) is 0. The van der Waals surface area contributed by atoms with Gasteiger partial charge in [0.1, 0.15) is 5.82 Å². The van der Waals surface area contributed by atoms with Crippen molar-refractivity contribution in [1.82, 2.24) is 0 Å². The van der Waals surface area contributed by atoms with Gasteiger partial charge in [0.25, 0.3) is 5.69 Å². The number of halogens is 1. The summed E-state index contributed by atoms with van der Waals surface area (Å²) in [5.74, 6) is -0.611. The summed E-state index contributed by atoms with van der Waals surface area (Å²) in [6.45, 7) is 3.01. The third kappa shape index (κ3) is 3.41. The summed E-state index contributed by atoms with van der Waals surface area (Å²) in [5, 5.41) is 20.7. The van der Waals surface area contributed by atoms with Crippen LogP contribution in [0.2, 0.25) is 0 Å². The number of nitrogens with zero attached hydrogens (tertiary/aromatic N) is 2. The summed E-state index contributed by atoms with van der Waals surface area (Å²) in [4.78, 5) is 12.0. The van der Waals surface area contributed by atoms with Crippen molar-refractivity contribution in [2.75, 3.05) is 18.0 Å². The highest BCUT2D eigenvalue weighted by Gasteiger charge is 2.25. The molecule has 0 bridgehead atoms. The first-order valence-electron chi connectivity index (χ1n) is 6.30. The van der Waals surface area contributed by atoms with Crippen molar-refractivity contribution in [3.63, 3.8) is 0 Å². The van der Waals surface area contributed by atoms with E-state index in [9.17, 15) is 19.6 Å². The normalized spacial score (nSPS) is 24.1. The van der Waals surface area contributed by atoms with Gasteiger partial charge in [0.15, 0.2) is 0 Å². The van der Waals surface area contributed by atoms with Crippen molar-refractivity contribution in [1.29, 1.82) is 0 Å². The zero-order chi connectivity index (χ0) is 14.0. The molecule has 19 heavy (non-hydrogen) atoms. The van der Waals surface area contributed by atoms with Crippen LogP contribution in [0.5, 0.6) is 0 Å². The number of benzene rings is 1. The van der Waals surface area contributed by atoms with Crippen molar-refractivity contribution < 1.29 is 14.4 Å². The van der Waals surface area contributed by atoms with Gasteiger partial charge in [-0.25, -0.2) is 4.39 Å². The maximum atomic E-state index is 13.4. The average molecular weight is 268 g/mol. The average Bonchev–Trinajstić information content (AvgIpc) is 2.49. The van der Waals surface area contributed by atoms with Crippen molar-refractivity contribution in [2.24, 2.45) is 0 Å². The number of hydrogen-bond acceptors (Lipinski definition) is 4. The highest BCUT2D eigenvalue weighted by molar-refractivity contribution is 5.53. The maximum Gasteiger partial charge on any atom is 0.274 e. The second-order valence-electron chi connectivity index (χ2n) is 5.26. The van der Waals surface area contributed by atoms with Gasteiger partial charge in [-0.15, -0.1) is 0 Å². The van der Waals surface area contributed by atoms with E-state index in [-0.39, 0.29) is 5.69 Å². The third-order valence-corrected chi connectivity index (χ3v) is 3.51. The fraction of sp³-hybridized carbons (Fsp3) is 0.538. The third-order valence-electron chi connectivity index (χ3n) is 3.51. The van der Waals surface area contributed by atoms with Gasteiger partial charge >= 0.3 is 0 Å². The first-order valence-corrected chi connectivity index (χ1v) is 6.30. The zero-order valence-corrected chi connectivity index (χ0v) is 10.8. The second kappa shape index (κ2) is 5.13. The van der Waals surface area contributed by atoms with E-state index in [0.29, 0.717) is 31.6 Å². The van der Waals surface area contributed by atoms with Crippen LogP contribution in [-0.4, -0.2) is 28.7 Å². The molecular formula is C13H17FN2O3. The number of aliphatic hydroxyl groups is 1. The molecule has 0 aromatic heterocycles. The molecule has 1 aliphatic heterocycles. The van der Waals surface area contributed by atoms with Crippen molar-refractivity contribution in [3.8, 4) is 0 Å². The van der Waals surface area contributed by atoms with E-state index in [0.717, 1.165) is 12.5 Å². The number of hydrogen-bond donors (Lipinski definition) is 1. The molecule has 0 radical (unpaired) electrons. The largest absolute Gasteiger partial charge is 0.390 e. The molecule has 1 unspecified atom stereocenters. The van der Waals surface area contributed by atoms with Gasteiger partial charge in [-0.2, -0.15) is 0 Å². The molecule has 6 heteroatoms. The maximum absolute atomic E-state index is 13.4. The van der Waals surface area contributed by atoms with Crippen molar-refractivity contribution >= 4 is 11.4 Å². The minimum absolute atomic E-state index is 0.244. The standard InChI is InChI=1S/C13H17FN2O3/c1-13(17)3-2-5-15(6-4-13)11-7-10(14)8-12(9-11)16(18)19/h7-9,17H,2-6H2,1H3. The van der Waals surface area contributed by atoms with Crippen LogP contribution < -0.4 is 4.90 Å². The van der Waals surface area contributed by atoms with E-state index in [4.69, 9.17) is 0 Å². The number of nitro groups is 1. The van der Waals surface area contributed by atoms with Gasteiger partial charge in [0, 0.05) is 24.8 Å². The Kier molecular flexibility index (Phi) is 3.71. The molecule has 0 saturated carbocycles. The lowest BCUT2D eigenvalue weighted by Crippen LogP contribution is -2.28. The predicted molar refractivity (Wildman–Crippen MR) is 69.7 cm³/mol. The van der Waals surface area contributed by atoms with E-state index in [1.54, 1.807) is 6.92 Å². The summed E-state index contributed by atoms with van der Waals surface area (Å²) >= 11 is 0. The van der Waals surface area contributed by atoms with E-state index in [1.807, 2.05) is 4.90 Å². The molecule has 1 fully saturated rings. The van der Waals surface area contributed by atoms with Crippen molar-refractivity contribution in [3.05, 3.63) is 34.1 Å². The molecule has 0 aliphatic carbocycles. The Morgan fingerprint density at radius 1 is 1.37 bits per heavy atom. The van der Waals surface area contributed by atoms with Gasteiger partial charge in [0.05, 0.1) is 16.6 Å². The van der Waals surface area contributed by atoms with Crippen LogP contribution in [0.1, 0.15) is 26.2 Å². The molecule has 0 amide bonds. The quantitative estimate of drug-likeness (QED) is 0.661. The Bertz CT molecular complexity index is 491. The van der Waals surface area contributed by atoms with Gasteiger partial charge in [-0.3, -0.25) is 10.1 Å². The van der Waals surface area contributed by atoms with E-state index in [2.05, 4.69) is 0 Å². The predicted octanol–water partition coefficient (Wildman–Crippen LogP) is 2.48. The lowest BCUT2D eigenvalue weighted by atomic mass is 9.98. The smallest absolute Gasteiger partial charge is 0.274 e. The molecule has 1 atom stereocenters. The molecule has 2 rings (SSSR count). The monoisotopic (exact) mass is 268 g/mol. The van der Waals surface area contributed by atoms with Gasteiger partial charge < -0.3 is 10.0 Å². The molecule has 0 spiro atoms. The van der Waals surface area contributed by atoms with E-state index in [1.165, 1.54) is 12.1 Å². The summed E-state index contributed by atoms with van der Waals surface area (Å²) < 4.78 is 13.4. The second-order valence-corrected chi connectivity index (χ2v) is 5.26. The van der Waals surface area contributed by atoms with Crippen LogP contribution in [-0.2, 0) is 0 Å². The molecular weight excluding hydrogens is 251 g/mol. The van der Waals surface area contributed by atoms with Crippen LogP contribution in [0, 0.1) is 15.9 Å². The molecule has 1 saturated heterocycles. The number of rotatable bonds is 2. The minimum Gasteiger partial charge on any atom is -0.390 e. The number of anilines is 1. The van der Waals surface area contributed by atoms with Crippen LogP contribution in [0.3, 0.4) is 0 Å². The van der Waals surface area contributed by atoms with Crippen LogP contribution in [0.15, 0.2) is 18.2 Å². The zero-order valence-electron chi connectivity index (χ0n) is 10.8. The Morgan fingerprint density at radius 2 is 2.11 bits per heavy atom. The number of non-ortho nitro benzene ring substituents is 1. The molecule has 1 aromatic carbocycles. The Hall–Kier alpha value is -1.69. The molecule has 5 nitrogen and oxygen atoms in total. The molecule has 1 N–H and O–H groups in total. The van der Waals surface area contributed by atoms with E-state index < -0.39 is 16.3 Å². The van der Waals surface area contributed by atoms with Crippen LogP contribution in [0.25, 0.3) is 0 Å². The topological polar surface area (TPSA) is 66.6 Å². The van der Waals surface area contributed by atoms with Crippen molar-refractivity contribution in [2.45, 2.75) is 31.8 Å². The van der Waals surface area contributed by atoms with Gasteiger partial charge in [-0.05, 0) is 32.3 Å². The van der Waals surface area contributed by atoms with E-state index >= 15 is 0 Å². The van der Waals surface area contributed by atoms with Gasteiger partial charge in [0.2, 0.25) is 0 Å². The number of nitro benzene ring substituents is 1. The Morgan fingerprint density at radius 3 is 2.79 bits per heavy atom. The first kappa shape index (κ1) is 13.7. The summed E-state index contributed by atoms with van der Waals surface area (Å²) in [6, 6.07) is 3.59. The first-order chi connectivity index (χ1) is 8.87. The summed E-state index contributed by atoms with van der Waals surface area (Å²) in [6.07, 6.45) is 2.02. The minimum atomic E-state index is -0.714. The molecule has 1 aromatic rings.